The van der Waals surface area contributed by atoms with E-state index in [1.807, 2.05) is 20.8 Å². The van der Waals surface area contributed by atoms with Gasteiger partial charge in [0, 0.05) is 11.8 Å². The van der Waals surface area contributed by atoms with Crippen LogP contribution in [0.2, 0.25) is 0 Å². The number of H-pyrrole nitrogens is 1. The summed E-state index contributed by atoms with van der Waals surface area (Å²) in [5, 5.41) is 9.39. The van der Waals surface area contributed by atoms with Crippen LogP contribution in [-0.2, 0) is 0 Å². The van der Waals surface area contributed by atoms with Crippen molar-refractivity contribution in [1.29, 1.82) is 0 Å². The Morgan fingerprint density at radius 1 is 1.37 bits per heavy atom. The molecule has 1 amide bonds. The van der Waals surface area contributed by atoms with Crippen LogP contribution in [0.25, 0.3) is 0 Å². The van der Waals surface area contributed by atoms with Gasteiger partial charge in [-0.05, 0) is 25.0 Å². The highest BCUT2D eigenvalue weighted by atomic mass is 19.1. The van der Waals surface area contributed by atoms with E-state index in [2.05, 4.69) is 15.5 Å². The van der Waals surface area contributed by atoms with Crippen LogP contribution >= 0.6 is 0 Å². The van der Waals surface area contributed by atoms with Crippen LogP contribution in [0.15, 0.2) is 24.3 Å². The van der Waals surface area contributed by atoms with E-state index in [0.29, 0.717) is 5.82 Å². The van der Waals surface area contributed by atoms with Crippen molar-refractivity contribution in [2.75, 3.05) is 5.32 Å². The molecule has 0 saturated carbocycles. The Labute approximate surface area is 111 Å². The lowest BCUT2D eigenvalue weighted by Gasteiger charge is -2.04. The van der Waals surface area contributed by atoms with Crippen molar-refractivity contribution in [3.63, 3.8) is 0 Å². The van der Waals surface area contributed by atoms with E-state index in [-0.39, 0.29) is 11.5 Å². The summed E-state index contributed by atoms with van der Waals surface area (Å²) >= 11 is 0. The monoisotopic (exact) mass is 261 g/mol. The Morgan fingerprint density at radius 2 is 2.11 bits per heavy atom. The highest BCUT2D eigenvalue weighted by Gasteiger charge is 2.14. The first-order valence-electron chi connectivity index (χ1n) is 6.10. The number of benzene rings is 1. The first-order valence-corrected chi connectivity index (χ1v) is 6.10. The van der Waals surface area contributed by atoms with Crippen molar-refractivity contribution in [2.45, 2.75) is 26.7 Å². The molecule has 0 spiro atoms. The molecule has 0 atom stereocenters. The maximum Gasteiger partial charge on any atom is 0.259 e. The van der Waals surface area contributed by atoms with Crippen LogP contribution in [0.5, 0.6) is 0 Å². The number of nitrogens with zero attached hydrogens (tertiary/aromatic N) is 1. The molecule has 0 radical (unpaired) electrons. The number of hydrogen-bond acceptors (Lipinski definition) is 2. The molecule has 0 aliphatic heterocycles. The van der Waals surface area contributed by atoms with Crippen molar-refractivity contribution in [2.24, 2.45) is 0 Å². The van der Waals surface area contributed by atoms with E-state index >= 15 is 0 Å². The number of aromatic nitrogens is 2. The summed E-state index contributed by atoms with van der Waals surface area (Å²) in [5.41, 5.74) is 1.77. The van der Waals surface area contributed by atoms with Crippen LogP contribution in [0, 0.1) is 12.7 Å². The minimum Gasteiger partial charge on any atom is -0.305 e. The Bertz CT molecular complexity index is 604. The molecule has 19 heavy (non-hydrogen) atoms. The van der Waals surface area contributed by atoms with Crippen molar-refractivity contribution >= 4 is 11.7 Å². The van der Waals surface area contributed by atoms with Crippen molar-refractivity contribution in [1.82, 2.24) is 10.2 Å². The van der Waals surface area contributed by atoms with Gasteiger partial charge in [0.1, 0.15) is 5.82 Å². The number of amides is 1. The van der Waals surface area contributed by atoms with Crippen molar-refractivity contribution < 1.29 is 9.18 Å². The third-order valence-electron chi connectivity index (χ3n) is 2.83. The molecule has 1 heterocycles. The fourth-order valence-electron chi connectivity index (χ4n) is 1.69. The third kappa shape index (κ3) is 2.99. The van der Waals surface area contributed by atoms with Gasteiger partial charge in [-0.1, -0.05) is 25.5 Å². The van der Waals surface area contributed by atoms with Gasteiger partial charge in [-0.3, -0.25) is 9.89 Å². The molecule has 1 aromatic carbocycles. The zero-order valence-corrected chi connectivity index (χ0v) is 11.1. The zero-order valence-electron chi connectivity index (χ0n) is 11.1. The number of anilines is 1. The van der Waals surface area contributed by atoms with E-state index < -0.39 is 11.7 Å². The maximum absolute atomic E-state index is 13.6. The summed E-state index contributed by atoms with van der Waals surface area (Å²) in [6, 6.07) is 6.17. The van der Waals surface area contributed by atoms with Crippen LogP contribution in [-0.4, -0.2) is 16.1 Å². The molecule has 4 nitrogen and oxygen atoms in total. The molecule has 0 saturated heterocycles. The zero-order chi connectivity index (χ0) is 14.0. The number of hydrogen-bond donors (Lipinski definition) is 2. The number of halogens is 1. The number of nitrogens with one attached hydrogen (secondary N) is 2. The summed E-state index contributed by atoms with van der Waals surface area (Å²) in [6.07, 6.45) is 0. The predicted octanol–water partition coefficient (Wildman–Crippen LogP) is 3.23. The highest BCUT2D eigenvalue weighted by Crippen LogP contribution is 2.16. The number of rotatable bonds is 3. The molecular formula is C14H16FN3O. The summed E-state index contributed by atoms with van der Waals surface area (Å²) in [5.74, 6) is -0.353. The van der Waals surface area contributed by atoms with Crippen LogP contribution in [0.1, 0.15) is 41.4 Å². The van der Waals surface area contributed by atoms with Gasteiger partial charge >= 0.3 is 0 Å². The quantitative estimate of drug-likeness (QED) is 0.891. The van der Waals surface area contributed by atoms with Crippen LogP contribution in [0.3, 0.4) is 0 Å². The van der Waals surface area contributed by atoms with Gasteiger partial charge in [0.05, 0.1) is 5.56 Å². The average molecular weight is 261 g/mol. The lowest BCUT2D eigenvalue weighted by atomic mass is 10.1. The number of aryl methyl sites for hydroxylation is 1. The molecule has 0 unspecified atom stereocenters. The molecule has 0 aliphatic rings. The van der Waals surface area contributed by atoms with Gasteiger partial charge in [0.2, 0.25) is 0 Å². The van der Waals surface area contributed by atoms with E-state index in [1.54, 1.807) is 12.1 Å². The predicted molar refractivity (Wildman–Crippen MR) is 71.8 cm³/mol. The molecule has 1 aromatic heterocycles. The maximum atomic E-state index is 13.6. The first-order chi connectivity index (χ1) is 8.97. The van der Waals surface area contributed by atoms with Crippen molar-refractivity contribution in [3.8, 4) is 0 Å². The summed E-state index contributed by atoms with van der Waals surface area (Å²) in [7, 11) is 0. The molecule has 100 valence electrons. The van der Waals surface area contributed by atoms with Crippen LogP contribution in [0.4, 0.5) is 10.2 Å². The second-order valence-electron chi connectivity index (χ2n) is 4.80. The van der Waals surface area contributed by atoms with Gasteiger partial charge in [0.15, 0.2) is 5.82 Å². The highest BCUT2D eigenvalue weighted by molar-refractivity contribution is 6.04. The number of carbonyl (C=O) groups is 1. The molecule has 0 bridgehead atoms. The van der Waals surface area contributed by atoms with E-state index in [4.69, 9.17) is 0 Å². The molecule has 0 aliphatic carbocycles. The normalized spacial score (nSPS) is 10.8. The molecule has 2 aromatic rings. The van der Waals surface area contributed by atoms with Gasteiger partial charge in [-0.2, -0.15) is 5.10 Å². The standard InChI is InChI=1S/C14H16FN3O/c1-8(2)12-7-13(18-17-12)16-14(19)10-6-9(3)4-5-11(10)15/h4-8H,1-3H3,(H2,16,17,18,19). The summed E-state index contributed by atoms with van der Waals surface area (Å²) in [4.78, 5) is 12.0. The molecular weight excluding hydrogens is 245 g/mol. The number of aromatic amines is 1. The van der Waals surface area contributed by atoms with E-state index in [0.717, 1.165) is 11.3 Å². The lowest BCUT2D eigenvalue weighted by molar-refractivity contribution is 0.102. The SMILES string of the molecule is Cc1ccc(F)c(C(=O)Nc2cc(C(C)C)[nH]n2)c1. The Morgan fingerprint density at radius 3 is 2.74 bits per heavy atom. The van der Waals surface area contributed by atoms with Gasteiger partial charge in [-0.15, -0.1) is 0 Å². The fraction of sp³-hybridized carbons (Fsp3) is 0.286. The Kier molecular flexibility index (Phi) is 3.64. The van der Waals surface area contributed by atoms with E-state index in [9.17, 15) is 9.18 Å². The van der Waals surface area contributed by atoms with Crippen LogP contribution < -0.4 is 5.32 Å². The van der Waals surface area contributed by atoms with E-state index in [1.165, 1.54) is 12.1 Å². The Hall–Kier alpha value is -2.17. The lowest BCUT2D eigenvalue weighted by Crippen LogP contribution is -2.14. The summed E-state index contributed by atoms with van der Waals surface area (Å²) < 4.78 is 13.6. The molecule has 0 fully saturated rings. The smallest absolute Gasteiger partial charge is 0.259 e. The average Bonchev–Trinajstić information content (AvgIpc) is 2.80. The van der Waals surface area contributed by atoms with Crippen molar-refractivity contribution in [3.05, 3.63) is 46.9 Å². The molecule has 5 heteroatoms. The topological polar surface area (TPSA) is 57.8 Å². The first kappa shape index (κ1) is 13.3. The summed E-state index contributed by atoms with van der Waals surface area (Å²) in [6.45, 7) is 5.83. The fourth-order valence-corrected chi connectivity index (χ4v) is 1.69. The minimum absolute atomic E-state index is 0.0223. The van der Waals surface area contributed by atoms with Gasteiger partial charge in [-0.25, -0.2) is 4.39 Å². The second-order valence-corrected chi connectivity index (χ2v) is 4.80. The second kappa shape index (κ2) is 5.22. The Balaban J connectivity index is 2.18. The largest absolute Gasteiger partial charge is 0.305 e. The molecule has 2 N–H and O–H groups in total. The van der Waals surface area contributed by atoms with Gasteiger partial charge < -0.3 is 5.32 Å². The molecule has 2 rings (SSSR count). The van der Waals surface area contributed by atoms with Gasteiger partial charge in [0.25, 0.3) is 5.91 Å². The number of carbonyl (C=O) groups excluding carboxylic acids is 1. The third-order valence-corrected chi connectivity index (χ3v) is 2.83. The minimum atomic E-state index is -0.539.